The molecular formula is C9H14O3. The van der Waals surface area contributed by atoms with Crippen LogP contribution in [0, 0.1) is 11.8 Å². The number of hydrogen-bond donors (Lipinski definition) is 0. The van der Waals surface area contributed by atoms with Crippen molar-refractivity contribution in [2.75, 3.05) is 6.61 Å². The highest BCUT2D eigenvalue weighted by Gasteiger charge is 2.33. The maximum Gasteiger partial charge on any atom is 0.309 e. The largest absolute Gasteiger partial charge is 0.466 e. The predicted molar refractivity (Wildman–Crippen MR) is 43.5 cm³/mol. The van der Waals surface area contributed by atoms with Gasteiger partial charge in [0.1, 0.15) is 6.29 Å². The number of carbonyl (C=O) groups excluding carboxylic acids is 2. The molecule has 1 aliphatic rings. The molecule has 1 saturated carbocycles. The second kappa shape index (κ2) is 4.24. The lowest BCUT2D eigenvalue weighted by Gasteiger charge is -2.11. The summed E-state index contributed by atoms with van der Waals surface area (Å²) in [7, 11) is 0. The van der Waals surface area contributed by atoms with Crippen LogP contribution in [0.15, 0.2) is 0 Å². The fourth-order valence-electron chi connectivity index (χ4n) is 1.69. The van der Waals surface area contributed by atoms with Crippen molar-refractivity contribution in [3.05, 3.63) is 0 Å². The molecule has 0 aromatic heterocycles. The Hall–Kier alpha value is -0.860. The van der Waals surface area contributed by atoms with E-state index in [0.29, 0.717) is 6.61 Å². The minimum atomic E-state index is -0.202. The van der Waals surface area contributed by atoms with Crippen LogP contribution in [0.25, 0.3) is 0 Å². The molecule has 0 aliphatic heterocycles. The van der Waals surface area contributed by atoms with Crippen molar-refractivity contribution in [1.29, 1.82) is 0 Å². The van der Waals surface area contributed by atoms with Gasteiger partial charge in [0.05, 0.1) is 12.5 Å². The van der Waals surface area contributed by atoms with Gasteiger partial charge in [0.25, 0.3) is 0 Å². The van der Waals surface area contributed by atoms with Gasteiger partial charge >= 0.3 is 5.97 Å². The van der Waals surface area contributed by atoms with Crippen molar-refractivity contribution in [2.24, 2.45) is 11.8 Å². The van der Waals surface area contributed by atoms with Gasteiger partial charge in [-0.1, -0.05) is 6.42 Å². The third kappa shape index (κ3) is 1.84. The summed E-state index contributed by atoms with van der Waals surface area (Å²) in [5, 5.41) is 0. The topological polar surface area (TPSA) is 43.4 Å². The summed E-state index contributed by atoms with van der Waals surface area (Å²) in [4.78, 5) is 21.8. The molecule has 0 heterocycles. The number of hydrogen-bond acceptors (Lipinski definition) is 3. The number of carbonyl (C=O) groups is 2. The molecule has 0 saturated heterocycles. The Kier molecular flexibility index (Phi) is 3.26. The molecule has 0 unspecified atom stereocenters. The summed E-state index contributed by atoms with van der Waals surface area (Å²) in [5.74, 6) is -0.460. The van der Waals surface area contributed by atoms with E-state index in [-0.39, 0.29) is 17.8 Å². The number of aldehydes is 1. The molecule has 12 heavy (non-hydrogen) atoms. The Balaban J connectivity index is 2.49. The first-order valence-corrected chi connectivity index (χ1v) is 4.41. The lowest BCUT2D eigenvalue weighted by Crippen LogP contribution is -2.22. The summed E-state index contributed by atoms with van der Waals surface area (Å²) in [6.07, 6.45) is 3.50. The van der Waals surface area contributed by atoms with Gasteiger partial charge in [-0.2, -0.15) is 0 Å². The van der Waals surface area contributed by atoms with Crippen molar-refractivity contribution in [1.82, 2.24) is 0 Å². The van der Waals surface area contributed by atoms with E-state index in [1.807, 2.05) is 0 Å². The van der Waals surface area contributed by atoms with Crippen LogP contribution in [-0.4, -0.2) is 18.9 Å². The van der Waals surface area contributed by atoms with Gasteiger partial charge in [-0.3, -0.25) is 4.79 Å². The van der Waals surface area contributed by atoms with Gasteiger partial charge in [-0.15, -0.1) is 0 Å². The van der Waals surface area contributed by atoms with E-state index in [1.54, 1.807) is 6.92 Å². The van der Waals surface area contributed by atoms with E-state index < -0.39 is 0 Å². The van der Waals surface area contributed by atoms with Crippen LogP contribution in [0.4, 0.5) is 0 Å². The van der Waals surface area contributed by atoms with Crippen molar-refractivity contribution >= 4 is 12.3 Å². The second-order valence-electron chi connectivity index (χ2n) is 3.09. The number of rotatable bonds is 3. The van der Waals surface area contributed by atoms with Gasteiger partial charge in [-0.05, 0) is 19.8 Å². The van der Waals surface area contributed by atoms with Gasteiger partial charge in [0.15, 0.2) is 0 Å². The van der Waals surface area contributed by atoms with Crippen LogP contribution in [0.5, 0.6) is 0 Å². The molecule has 0 aromatic rings. The molecule has 68 valence electrons. The van der Waals surface area contributed by atoms with E-state index in [1.165, 1.54) is 0 Å². The Morgan fingerprint density at radius 2 is 2.33 bits per heavy atom. The summed E-state index contributed by atoms with van der Waals surface area (Å²) in [6.45, 7) is 2.18. The second-order valence-corrected chi connectivity index (χ2v) is 3.09. The Morgan fingerprint density at radius 3 is 2.92 bits per heavy atom. The summed E-state index contributed by atoms with van der Waals surface area (Å²) in [5.41, 5.74) is 0. The molecule has 3 nitrogen and oxygen atoms in total. The van der Waals surface area contributed by atoms with Crippen LogP contribution < -0.4 is 0 Å². The van der Waals surface area contributed by atoms with Crippen LogP contribution in [0.2, 0.25) is 0 Å². The third-order valence-corrected chi connectivity index (χ3v) is 2.33. The van der Waals surface area contributed by atoms with Crippen molar-refractivity contribution in [2.45, 2.75) is 26.2 Å². The molecule has 0 N–H and O–H groups in total. The van der Waals surface area contributed by atoms with E-state index in [2.05, 4.69) is 0 Å². The van der Waals surface area contributed by atoms with Crippen LogP contribution in [0.3, 0.4) is 0 Å². The Morgan fingerprint density at radius 1 is 1.58 bits per heavy atom. The quantitative estimate of drug-likeness (QED) is 0.471. The van der Waals surface area contributed by atoms with E-state index in [0.717, 1.165) is 25.5 Å². The molecule has 1 fully saturated rings. The molecular weight excluding hydrogens is 156 g/mol. The minimum absolute atomic E-state index is 0.0935. The fraction of sp³-hybridized carbons (Fsp3) is 0.778. The molecule has 1 aliphatic carbocycles. The maximum absolute atomic E-state index is 11.2. The first-order valence-electron chi connectivity index (χ1n) is 4.41. The molecule has 3 heteroatoms. The monoisotopic (exact) mass is 170 g/mol. The average Bonchev–Trinajstić information content (AvgIpc) is 2.51. The predicted octanol–water partition coefficient (Wildman–Crippen LogP) is 1.16. The maximum atomic E-state index is 11.2. The normalized spacial score (nSPS) is 28.4. The Labute approximate surface area is 72.1 Å². The number of esters is 1. The smallest absolute Gasteiger partial charge is 0.309 e. The minimum Gasteiger partial charge on any atom is -0.466 e. The van der Waals surface area contributed by atoms with Gasteiger partial charge in [0.2, 0.25) is 0 Å². The van der Waals surface area contributed by atoms with E-state index in [4.69, 9.17) is 4.74 Å². The highest BCUT2D eigenvalue weighted by atomic mass is 16.5. The van der Waals surface area contributed by atoms with E-state index >= 15 is 0 Å². The van der Waals surface area contributed by atoms with Gasteiger partial charge in [0, 0.05) is 5.92 Å². The molecule has 0 amide bonds. The average molecular weight is 170 g/mol. The molecule has 1 rings (SSSR count). The SMILES string of the molecule is CCOC(=O)[C@@H]1CCC[C@H]1C=O. The standard InChI is InChI=1S/C9H14O3/c1-2-12-9(11)8-5-3-4-7(8)6-10/h6-8H,2-5H2,1H3/t7-,8+/m0/s1. The Bertz CT molecular complexity index is 177. The molecule has 0 bridgehead atoms. The van der Waals surface area contributed by atoms with Crippen molar-refractivity contribution < 1.29 is 14.3 Å². The zero-order valence-electron chi connectivity index (χ0n) is 7.29. The lowest BCUT2D eigenvalue weighted by atomic mass is 9.98. The molecule has 0 radical (unpaired) electrons. The summed E-state index contributed by atoms with van der Waals surface area (Å²) >= 11 is 0. The van der Waals surface area contributed by atoms with Crippen LogP contribution in [-0.2, 0) is 14.3 Å². The highest BCUT2D eigenvalue weighted by molar-refractivity contribution is 5.77. The molecule has 0 spiro atoms. The third-order valence-electron chi connectivity index (χ3n) is 2.33. The first kappa shape index (κ1) is 9.23. The van der Waals surface area contributed by atoms with Crippen molar-refractivity contribution in [3.63, 3.8) is 0 Å². The lowest BCUT2D eigenvalue weighted by molar-refractivity contribution is -0.150. The number of ether oxygens (including phenoxy) is 1. The highest BCUT2D eigenvalue weighted by Crippen LogP contribution is 2.30. The van der Waals surface area contributed by atoms with Crippen LogP contribution in [0.1, 0.15) is 26.2 Å². The zero-order valence-corrected chi connectivity index (χ0v) is 7.29. The first-order chi connectivity index (χ1) is 5.79. The molecule has 0 aromatic carbocycles. The molecule has 2 atom stereocenters. The van der Waals surface area contributed by atoms with Crippen molar-refractivity contribution in [3.8, 4) is 0 Å². The van der Waals surface area contributed by atoms with Gasteiger partial charge in [-0.25, -0.2) is 0 Å². The van der Waals surface area contributed by atoms with E-state index in [9.17, 15) is 9.59 Å². The zero-order chi connectivity index (χ0) is 8.97. The van der Waals surface area contributed by atoms with Crippen LogP contribution >= 0.6 is 0 Å². The van der Waals surface area contributed by atoms with Gasteiger partial charge < -0.3 is 9.53 Å². The summed E-state index contributed by atoms with van der Waals surface area (Å²) < 4.78 is 4.86. The fourth-order valence-corrected chi connectivity index (χ4v) is 1.69. The summed E-state index contributed by atoms with van der Waals surface area (Å²) in [6, 6.07) is 0.